The second-order valence-corrected chi connectivity index (χ2v) is 11.7. The van der Waals surface area contributed by atoms with E-state index in [4.69, 9.17) is 14.2 Å². The molecular weight excluding hydrogens is 518 g/mol. The highest BCUT2D eigenvalue weighted by molar-refractivity contribution is 7.89. The van der Waals surface area contributed by atoms with Crippen LogP contribution < -0.4 is 14.3 Å². The second-order valence-electron chi connectivity index (χ2n) is 8.80. The number of nitrogens with zero attached hydrogens (tertiary/aromatic N) is 3. The Morgan fingerprint density at radius 3 is 2.38 bits per heavy atom. The summed E-state index contributed by atoms with van der Waals surface area (Å²) in [7, 11) is -2.29. The van der Waals surface area contributed by atoms with Crippen LogP contribution in [0.2, 0.25) is 0 Å². The molecule has 1 saturated heterocycles. The molecule has 5 rings (SSSR count). The maximum Gasteiger partial charge on any atom is 0.307 e. The molecule has 0 radical (unpaired) electrons. The highest BCUT2D eigenvalue weighted by atomic mass is 32.2. The van der Waals surface area contributed by atoms with Crippen molar-refractivity contribution in [1.82, 2.24) is 8.87 Å². The van der Waals surface area contributed by atoms with Gasteiger partial charge < -0.3 is 18.8 Å². The van der Waals surface area contributed by atoms with E-state index < -0.39 is 15.9 Å². The van der Waals surface area contributed by atoms with E-state index in [0.29, 0.717) is 29.4 Å². The summed E-state index contributed by atoms with van der Waals surface area (Å²) >= 11 is 1.29. The summed E-state index contributed by atoms with van der Waals surface area (Å²) in [5.74, 6) is 0.285. The van der Waals surface area contributed by atoms with Crippen LogP contribution in [-0.2, 0) is 26.1 Å². The molecule has 2 aliphatic heterocycles. The number of fused-ring (bicyclic) bond motifs is 2. The highest BCUT2D eigenvalue weighted by Crippen LogP contribution is 2.37. The van der Waals surface area contributed by atoms with Crippen molar-refractivity contribution < 1.29 is 32.2 Å². The van der Waals surface area contributed by atoms with Crippen molar-refractivity contribution in [3.8, 4) is 11.5 Å². The first-order chi connectivity index (χ1) is 17.9. The molecule has 2 aromatic carbocycles. The Kier molecular flexibility index (Phi) is 7.31. The molecule has 37 heavy (non-hydrogen) atoms. The number of carbonyl (C=O) groups is 2. The van der Waals surface area contributed by atoms with Crippen LogP contribution in [0.3, 0.4) is 0 Å². The van der Waals surface area contributed by atoms with E-state index in [1.165, 1.54) is 47.0 Å². The number of methoxy groups -OCH3 is 1. The average Bonchev–Trinajstić information content (AvgIpc) is 3.36. The topological polar surface area (TPSA) is 117 Å². The number of aromatic nitrogens is 1. The predicted molar refractivity (Wildman–Crippen MR) is 136 cm³/mol. The molecule has 0 atom stereocenters. The number of aryl methyl sites for hydroxylation is 1. The first kappa shape index (κ1) is 25.4. The fourth-order valence-electron chi connectivity index (χ4n) is 4.42. The van der Waals surface area contributed by atoms with Gasteiger partial charge in [-0.1, -0.05) is 24.2 Å². The molecule has 0 N–H and O–H groups in total. The molecule has 0 bridgehead atoms. The van der Waals surface area contributed by atoms with Crippen molar-refractivity contribution >= 4 is 43.5 Å². The molecule has 3 heterocycles. The van der Waals surface area contributed by atoms with Gasteiger partial charge in [0.1, 0.15) is 0 Å². The predicted octanol–water partition coefficient (Wildman–Crippen LogP) is 3.30. The third-order valence-corrected chi connectivity index (χ3v) is 9.40. The minimum atomic E-state index is -3.61. The summed E-state index contributed by atoms with van der Waals surface area (Å²) in [6, 6.07) is 9.51. The highest BCUT2D eigenvalue weighted by Gasteiger charge is 2.25. The van der Waals surface area contributed by atoms with Gasteiger partial charge in [0.15, 0.2) is 16.3 Å². The number of amides is 1. The van der Waals surface area contributed by atoms with E-state index in [1.54, 1.807) is 10.6 Å². The summed E-state index contributed by atoms with van der Waals surface area (Å²) in [6.45, 7) is 1.41. The quantitative estimate of drug-likeness (QED) is 0.436. The average molecular weight is 546 g/mol. The van der Waals surface area contributed by atoms with E-state index in [1.807, 2.05) is 6.07 Å². The van der Waals surface area contributed by atoms with E-state index in [9.17, 15) is 18.0 Å². The zero-order valence-corrected chi connectivity index (χ0v) is 22.0. The lowest BCUT2D eigenvalue weighted by atomic mass is 10.2. The summed E-state index contributed by atoms with van der Waals surface area (Å²) in [6.07, 6.45) is 3.85. The molecule has 3 aromatic rings. The molecule has 0 saturated carbocycles. The Morgan fingerprint density at radius 2 is 1.70 bits per heavy atom. The Labute approximate surface area is 218 Å². The fourth-order valence-corrected chi connectivity index (χ4v) is 7.00. The van der Waals surface area contributed by atoms with Gasteiger partial charge in [-0.25, -0.2) is 8.42 Å². The Hall–Kier alpha value is -3.22. The Morgan fingerprint density at radius 1 is 1.03 bits per heavy atom. The van der Waals surface area contributed by atoms with Crippen molar-refractivity contribution in [2.75, 3.05) is 27.0 Å². The summed E-state index contributed by atoms with van der Waals surface area (Å²) in [5, 5.41) is 0. The van der Waals surface area contributed by atoms with E-state index in [0.717, 1.165) is 35.9 Å². The number of benzene rings is 2. The van der Waals surface area contributed by atoms with E-state index in [2.05, 4.69) is 4.99 Å². The minimum Gasteiger partial charge on any atom is -0.469 e. The number of esters is 1. The van der Waals surface area contributed by atoms with Crippen LogP contribution in [-0.4, -0.2) is 56.2 Å². The van der Waals surface area contributed by atoms with Crippen molar-refractivity contribution in [3.63, 3.8) is 0 Å². The molecule has 12 heteroatoms. The SMILES string of the molecule is COC(=O)CCn1c(=NC(=O)c2ccc(S(=O)(=O)N3CCCCCC3)cc2)sc2cc3c(cc21)OCO3. The van der Waals surface area contributed by atoms with Gasteiger partial charge in [-0.3, -0.25) is 9.59 Å². The number of rotatable bonds is 6. The summed E-state index contributed by atoms with van der Waals surface area (Å²) < 4.78 is 45.9. The molecule has 0 spiro atoms. The second kappa shape index (κ2) is 10.6. The molecular formula is C25H27N3O7S2. The Balaban J connectivity index is 1.45. The van der Waals surface area contributed by atoms with Crippen LogP contribution in [0.4, 0.5) is 0 Å². The monoisotopic (exact) mass is 545 g/mol. The van der Waals surface area contributed by atoms with Gasteiger partial charge >= 0.3 is 5.97 Å². The zero-order chi connectivity index (χ0) is 26.0. The molecule has 10 nitrogen and oxygen atoms in total. The molecule has 1 aromatic heterocycles. The van der Waals surface area contributed by atoms with Gasteiger partial charge in [0.2, 0.25) is 16.8 Å². The number of thiazole rings is 1. The van der Waals surface area contributed by atoms with Gasteiger partial charge in [0, 0.05) is 37.3 Å². The number of hydrogen-bond donors (Lipinski definition) is 0. The van der Waals surface area contributed by atoms with Crippen molar-refractivity contribution in [3.05, 3.63) is 46.8 Å². The third-order valence-electron chi connectivity index (χ3n) is 6.45. The van der Waals surface area contributed by atoms with Gasteiger partial charge in [-0.2, -0.15) is 9.30 Å². The maximum atomic E-state index is 13.1. The van der Waals surface area contributed by atoms with E-state index in [-0.39, 0.29) is 36.2 Å². The van der Waals surface area contributed by atoms with Crippen LogP contribution >= 0.6 is 11.3 Å². The molecule has 1 amide bonds. The molecule has 196 valence electrons. The molecule has 0 unspecified atom stereocenters. The van der Waals surface area contributed by atoms with Crippen molar-refractivity contribution in [1.29, 1.82) is 0 Å². The standard InChI is InChI=1S/C25H27N3O7S2/c1-33-23(29)10-13-28-19-14-20-21(35-16-34-20)15-22(19)36-25(28)26-24(30)17-6-8-18(9-7-17)37(31,32)27-11-4-2-3-5-12-27/h6-9,14-15H,2-5,10-13,16H2,1H3. The van der Waals surface area contributed by atoms with Gasteiger partial charge in [-0.05, 0) is 37.1 Å². The fraction of sp³-hybridized carbons (Fsp3) is 0.400. The number of sulfonamides is 1. The largest absolute Gasteiger partial charge is 0.469 e. The third kappa shape index (κ3) is 5.27. The number of ether oxygens (including phenoxy) is 3. The van der Waals surface area contributed by atoms with Gasteiger partial charge in [-0.15, -0.1) is 0 Å². The van der Waals surface area contributed by atoms with Gasteiger partial charge in [0.25, 0.3) is 5.91 Å². The zero-order valence-electron chi connectivity index (χ0n) is 20.3. The van der Waals surface area contributed by atoms with Crippen LogP contribution in [0.5, 0.6) is 11.5 Å². The smallest absolute Gasteiger partial charge is 0.307 e. The maximum absolute atomic E-state index is 13.1. The molecule has 2 aliphatic rings. The van der Waals surface area contributed by atoms with Crippen molar-refractivity contribution in [2.45, 2.75) is 43.5 Å². The summed E-state index contributed by atoms with van der Waals surface area (Å²) in [5.41, 5.74) is 1.02. The van der Waals surface area contributed by atoms with Gasteiger partial charge in [0.05, 0.1) is 28.6 Å². The first-order valence-corrected chi connectivity index (χ1v) is 14.3. The van der Waals surface area contributed by atoms with E-state index >= 15 is 0 Å². The van der Waals surface area contributed by atoms with Crippen LogP contribution in [0.1, 0.15) is 42.5 Å². The summed E-state index contributed by atoms with van der Waals surface area (Å²) in [4.78, 5) is 29.8. The Bertz CT molecular complexity index is 1500. The van der Waals surface area contributed by atoms with Crippen LogP contribution in [0.25, 0.3) is 10.2 Å². The lowest BCUT2D eigenvalue weighted by molar-refractivity contribution is -0.140. The normalized spacial score (nSPS) is 16.6. The van der Waals surface area contributed by atoms with Crippen LogP contribution in [0.15, 0.2) is 46.3 Å². The first-order valence-electron chi connectivity index (χ1n) is 12.1. The van der Waals surface area contributed by atoms with Crippen molar-refractivity contribution in [2.24, 2.45) is 4.99 Å². The number of carbonyl (C=O) groups excluding carboxylic acids is 2. The van der Waals surface area contributed by atoms with Crippen LogP contribution in [0, 0.1) is 0 Å². The minimum absolute atomic E-state index is 0.0984. The lowest BCUT2D eigenvalue weighted by Gasteiger charge is -2.19. The number of hydrogen-bond acceptors (Lipinski definition) is 8. The molecule has 0 aliphatic carbocycles. The molecule has 1 fully saturated rings. The lowest BCUT2D eigenvalue weighted by Crippen LogP contribution is -2.31.